The maximum Gasteiger partial charge on any atom is 0.292 e. The number of amides is 1. The molecule has 1 unspecified atom stereocenters. The van der Waals surface area contributed by atoms with Crippen molar-refractivity contribution in [2.45, 2.75) is 18.9 Å². The SMILES string of the molecule is Nc1ccc(C(=O)NCC(c2ccccc2)N2CCCC2)cc1[N+](=O)[O-]. The maximum absolute atomic E-state index is 12.5. The first-order valence-electron chi connectivity index (χ1n) is 8.67. The van der Waals surface area contributed by atoms with E-state index in [1.165, 1.54) is 18.2 Å². The van der Waals surface area contributed by atoms with Crippen molar-refractivity contribution in [1.82, 2.24) is 10.2 Å². The number of nitro groups is 1. The summed E-state index contributed by atoms with van der Waals surface area (Å²) in [5.74, 6) is -0.340. The minimum Gasteiger partial charge on any atom is -0.393 e. The Balaban J connectivity index is 1.73. The zero-order valence-electron chi connectivity index (χ0n) is 14.4. The van der Waals surface area contributed by atoms with Crippen LogP contribution >= 0.6 is 0 Å². The van der Waals surface area contributed by atoms with Gasteiger partial charge in [0.1, 0.15) is 5.69 Å². The van der Waals surface area contributed by atoms with Crippen LogP contribution in [-0.4, -0.2) is 35.4 Å². The van der Waals surface area contributed by atoms with Crippen LogP contribution in [0.15, 0.2) is 48.5 Å². The van der Waals surface area contributed by atoms with Crippen LogP contribution in [0.3, 0.4) is 0 Å². The number of carbonyl (C=O) groups is 1. The molecule has 26 heavy (non-hydrogen) atoms. The van der Waals surface area contributed by atoms with Gasteiger partial charge in [-0.05, 0) is 43.6 Å². The van der Waals surface area contributed by atoms with Gasteiger partial charge in [0, 0.05) is 18.2 Å². The van der Waals surface area contributed by atoms with E-state index in [9.17, 15) is 14.9 Å². The lowest BCUT2D eigenvalue weighted by atomic mass is 10.1. The van der Waals surface area contributed by atoms with Gasteiger partial charge in [0.2, 0.25) is 0 Å². The fourth-order valence-corrected chi connectivity index (χ4v) is 3.32. The minimum atomic E-state index is -0.580. The number of carbonyl (C=O) groups excluding carboxylic acids is 1. The number of nitrogens with two attached hydrogens (primary N) is 1. The van der Waals surface area contributed by atoms with E-state index in [-0.39, 0.29) is 28.9 Å². The number of hydrogen-bond acceptors (Lipinski definition) is 5. The van der Waals surface area contributed by atoms with Gasteiger partial charge in [-0.1, -0.05) is 30.3 Å². The molecule has 1 saturated heterocycles. The van der Waals surface area contributed by atoms with Crippen LogP contribution in [0, 0.1) is 10.1 Å². The molecule has 0 spiro atoms. The summed E-state index contributed by atoms with van der Waals surface area (Å²) in [6, 6.07) is 14.3. The molecule has 1 aliphatic rings. The molecule has 0 radical (unpaired) electrons. The van der Waals surface area contributed by atoms with Gasteiger partial charge in [-0.25, -0.2) is 0 Å². The first kappa shape index (κ1) is 17.9. The van der Waals surface area contributed by atoms with Crippen molar-refractivity contribution in [2.75, 3.05) is 25.4 Å². The molecule has 1 atom stereocenters. The molecule has 0 aliphatic carbocycles. The van der Waals surface area contributed by atoms with Gasteiger partial charge in [-0.15, -0.1) is 0 Å². The Hall–Kier alpha value is -2.93. The molecule has 136 valence electrons. The number of hydrogen-bond donors (Lipinski definition) is 2. The number of nitrogen functional groups attached to an aromatic ring is 1. The van der Waals surface area contributed by atoms with Crippen molar-refractivity contribution in [3.8, 4) is 0 Å². The van der Waals surface area contributed by atoms with E-state index in [1.807, 2.05) is 18.2 Å². The number of nitrogens with one attached hydrogen (secondary N) is 1. The van der Waals surface area contributed by atoms with Crippen molar-refractivity contribution in [1.29, 1.82) is 0 Å². The molecule has 1 fully saturated rings. The standard InChI is InChI=1S/C19H22N4O3/c20-16-9-8-15(12-17(16)23(25)26)19(24)21-13-18(22-10-4-5-11-22)14-6-2-1-3-7-14/h1-3,6-9,12,18H,4-5,10-11,13,20H2,(H,21,24). The Morgan fingerprint density at radius 3 is 2.54 bits per heavy atom. The molecule has 3 N–H and O–H groups in total. The van der Waals surface area contributed by atoms with Crippen LogP contribution in [0.2, 0.25) is 0 Å². The number of benzene rings is 2. The van der Waals surface area contributed by atoms with E-state index in [0.29, 0.717) is 6.54 Å². The first-order valence-corrected chi connectivity index (χ1v) is 8.67. The summed E-state index contributed by atoms with van der Waals surface area (Å²) in [5.41, 5.74) is 6.77. The maximum atomic E-state index is 12.5. The van der Waals surface area contributed by atoms with Crippen molar-refractivity contribution in [2.24, 2.45) is 0 Å². The number of likely N-dealkylation sites (tertiary alicyclic amines) is 1. The second-order valence-corrected chi connectivity index (χ2v) is 6.41. The topological polar surface area (TPSA) is 102 Å². The third kappa shape index (κ3) is 4.00. The summed E-state index contributed by atoms with van der Waals surface area (Å²) in [7, 11) is 0. The van der Waals surface area contributed by atoms with E-state index in [1.54, 1.807) is 0 Å². The molecule has 1 heterocycles. The van der Waals surface area contributed by atoms with Crippen LogP contribution in [0.5, 0.6) is 0 Å². The van der Waals surface area contributed by atoms with Gasteiger partial charge >= 0.3 is 0 Å². The summed E-state index contributed by atoms with van der Waals surface area (Å²) in [6.07, 6.45) is 2.31. The van der Waals surface area contributed by atoms with E-state index in [0.717, 1.165) is 31.5 Å². The average molecular weight is 354 g/mol. The Morgan fingerprint density at radius 1 is 1.19 bits per heavy atom. The van der Waals surface area contributed by atoms with Crippen molar-refractivity contribution >= 4 is 17.3 Å². The number of anilines is 1. The van der Waals surface area contributed by atoms with Crippen molar-refractivity contribution in [3.63, 3.8) is 0 Å². The van der Waals surface area contributed by atoms with Crippen molar-refractivity contribution < 1.29 is 9.72 Å². The van der Waals surface area contributed by atoms with Gasteiger partial charge in [0.25, 0.3) is 11.6 Å². The molecule has 1 amide bonds. The van der Waals surface area contributed by atoms with Crippen LogP contribution in [0.1, 0.15) is 34.8 Å². The van der Waals surface area contributed by atoms with Gasteiger partial charge < -0.3 is 11.1 Å². The highest BCUT2D eigenvalue weighted by atomic mass is 16.6. The molecule has 0 aromatic heterocycles. The lowest BCUT2D eigenvalue weighted by Crippen LogP contribution is -2.36. The lowest BCUT2D eigenvalue weighted by molar-refractivity contribution is -0.383. The largest absolute Gasteiger partial charge is 0.393 e. The van der Waals surface area contributed by atoms with Crippen LogP contribution in [-0.2, 0) is 0 Å². The van der Waals surface area contributed by atoms with Gasteiger partial charge in [-0.3, -0.25) is 19.8 Å². The summed E-state index contributed by atoms with van der Waals surface area (Å²) >= 11 is 0. The fourth-order valence-electron chi connectivity index (χ4n) is 3.32. The molecule has 7 nitrogen and oxygen atoms in total. The number of nitrogens with zero attached hydrogens (tertiary/aromatic N) is 2. The Kier molecular flexibility index (Phi) is 5.48. The Morgan fingerprint density at radius 2 is 1.88 bits per heavy atom. The third-order valence-corrected chi connectivity index (χ3v) is 4.71. The highest BCUT2D eigenvalue weighted by Gasteiger charge is 2.24. The molecule has 2 aromatic carbocycles. The second kappa shape index (κ2) is 7.97. The van der Waals surface area contributed by atoms with E-state index in [4.69, 9.17) is 5.73 Å². The molecular weight excluding hydrogens is 332 g/mol. The van der Waals surface area contributed by atoms with E-state index in [2.05, 4.69) is 22.3 Å². The molecule has 2 aromatic rings. The fraction of sp³-hybridized carbons (Fsp3) is 0.316. The average Bonchev–Trinajstić information content (AvgIpc) is 3.17. The monoisotopic (exact) mass is 354 g/mol. The summed E-state index contributed by atoms with van der Waals surface area (Å²) in [5, 5.41) is 13.9. The van der Waals surface area contributed by atoms with Crippen LogP contribution in [0.25, 0.3) is 0 Å². The molecule has 7 heteroatoms. The predicted molar refractivity (Wildman–Crippen MR) is 99.8 cm³/mol. The smallest absolute Gasteiger partial charge is 0.292 e. The Bertz CT molecular complexity index is 789. The third-order valence-electron chi connectivity index (χ3n) is 4.71. The van der Waals surface area contributed by atoms with E-state index < -0.39 is 4.92 Å². The zero-order chi connectivity index (χ0) is 18.5. The number of nitro benzene ring substituents is 1. The van der Waals surface area contributed by atoms with Gasteiger partial charge in [-0.2, -0.15) is 0 Å². The highest BCUT2D eigenvalue weighted by molar-refractivity contribution is 5.95. The highest BCUT2D eigenvalue weighted by Crippen LogP contribution is 2.25. The molecular formula is C19H22N4O3. The molecule has 3 rings (SSSR count). The normalized spacial score (nSPS) is 15.5. The predicted octanol–water partition coefficient (Wildman–Crippen LogP) is 2.74. The molecule has 0 bridgehead atoms. The lowest BCUT2D eigenvalue weighted by Gasteiger charge is -2.28. The number of rotatable bonds is 6. The van der Waals surface area contributed by atoms with E-state index >= 15 is 0 Å². The Labute approximate surface area is 152 Å². The molecule has 1 aliphatic heterocycles. The zero-order valence-corrected chi connectivity index (χ0v) is 14.4. The van der Waals surface area contributed by atoms with Gasteiger partial charge in [0.05, 0.1) is 11.0 Å². The first-order chi connectivity index (χ1) is 12.6. The van der Waals surface area contributed by atoms with Crippen LogP contribution in [0.4, 0.5) is 11.4 Å². The second-order valence-electron chi connectivity index (χ2n) is 6.41. The quantitative estimate of drug-likeness (QED) is 0.472. The summed E-state index contributed by atoms with van der Waals surface area (Å²) < 4.78 is 0. The van der Waals surface area contributed by atoms with Crippen molar-refractivity contribution in [3.05, 3.63) is 69.8 Å². The molecule has 0 saturated carbocycles. The summed E-state index contributed by atoms with van der Waals surface area (Å²) in [4.78, 5) is 25.3. The van der Waals surface area contributed by atoms with Gasteiger partial charge in [0.15, 0.2) is 0 Å². The van der Waals surface area contributed by atoms with Crippen LogP contribution < -0.4 is 11.1 Å². The summed E-state index contributed by atoms with van der Waals surface area (Å²) in [6.45, 7) is 2.45. The minimum absolute atomic E-state index is 0.0470.